The summed E-state index contributed by atoms with van der Waals surface area (Å²) in [6.07, 6.45) is 0. The van der Waals surface area contributed by atoms with E-state index in [1.165, 1.54) is 30.3 Å². The summed E-state index contributed by atoms with van der Waals surface area (Å²) in [7, 11) is -7.64. The first-order valence-electron chi connectivity index (χ1n) is 9.78. The Balaban J connectivity index is 1.62. The van der Waals surface area contributed by atoms with E-state index in [1.54, 1.807) is 42.5 Å². The number of benzene rings is 3. The smallest absolute Gasteiger partial charge is 0.269 e. The van der Waals surface area contributed by atoms with E-state index in [2.05, 4.69) is 5.32 Å². The molecule has 3 aromatic rings. The van der Waals surface area contributed by atoms with Crippen molar-refractivity contribution in [1.29, 1.82) is 0 Å². The minimum atomic E-state index is -3.91. The molecule has 1 atom stereocenters. The SMILES string of the molecule is O=[N+]([O-])c1ccc(CNCc2cccc3c2C(S(=O)(=O)c2ccccc2)CS3(=O)=O)cc1. The number of hydrogen-bond acceptors (Lipinski definition) is 7. The standard InChI is InChI=1S/C22H20N2O6S2/c25-24(26)18-11-9-16(10-12-18)13-23-14-17-5-4-8-20-22(17)21(15-31(20,27)28)32(29,30)19-6-2-1-3-7-19/h1-12,21,23H,13-15H2. The Morgan fingerprint density at radius 2 is 1.62 bits per heavy atom. The molecule has 32 heavy (non-hydrogen) atoms. The average Bonchev–Trinajstić information content (AvgIpc) is 3.07. The molecule has 0 fully saturated rings. The average molecular weight is 473 g/mol. The Kier molecular flexibility index (Phi) is 5.85. The van der Waals surface area contributed by atoms with Crippen molar-refractivity contribution in [2.75, 3.05) is 5.75 Å². The number of sulfone groups is 2. The van der Waals surface area contributed by atoms with Gasteiger partial charge in [-0.15, -0.1) is 0 Å². The van der Waals surface area contributed by atoms with Crippen molar-refractivity contribution >= 4 is 25.4 Å². The molecular weight excluding hydrogens is 452 g/mol. The van der Waals surface area contributed by atoms with Crippen LogP contribution in [-0.2, 0) is 32.8 Å². The van der Waals surface area contributed by atoms with Crippen LogP contribution in [0.1, 0.15) is 21.9 Å². The lowest BCUT2D eigenvalue weighted by atomic mass is 10.0. The van der Waals surface area contributed by atoms with Gasteiger partial charge in [0.2, 0.25) is 0 Å². The number of nitrogens with zero attached hydrogens (tertiary/aromatic N) is 1. The van der Waals surface area contributed by atoms with Crippen molar-refractivity contribution in [3.8, 4) is 0 Å². The maximum atomic E-state index is 13.3. The molecule has 1 heterocycles. The van der Waals surface area contributed by atoms with E-state index in [4.69, 9.17) is 0 Å². The molecule has 1 aliphatic heterocycles. The van der Waals surface area contributed by atoms with Crippen LogP contribution >= 0.6 is 0 Å². The number of nitro groups is 1. The zero-order valence-electron chi connectivity index (χ0n) is 16.8. The Bertz CT molecular complexity index is 1370. The predicted molar refractivity (Wildman–Crippen MR) is 119 cm³/mol. The molecule has 3 aromatic carbocycles. The number of hydrogen-bond donors (Lipinski definition) is 1. The van der Waals surface area contributed by atoms with E-state index >= 15 is 0 Å². The van der Waals surface area contributed by atoms with Crippen LogP contribution in [-0.4, -0.2) is 27.5 Å². The van der Waals surface area contributed by atoms with E-state index in [-0.39, 0.29) is 22.0 Å². The van der Waals surface area contributed by atoms with Crippen molar-refractivity contribution in [1.82, 2.24) is 5.32 Å². The Hall–Kier alpha value is -3.08. The molecule has 0 aliphatic carbocycles. The molecular formula is C22H20N2O6S2. The maximum Gasteiger partial charge on any atom is 0.269 e. The summed E-state index contributed by atoms with van der Waals surface area (Å²) in [5.41, 5.74) is 1.71. The van der Waals surface area contributed by atoms with E-state index in [0.717, 1.165) is 5.56 Å². The monoisotopic (exact) mass is 472 g/mol. The second-order valence-electron chi connectivity index (χ2n) is 7.48. The first-order chi connectivity index (χ1) is 15.2. The molecule has 1 unspecified atom stereocenters. The Morgan fingerprint density at radius 1 is 0.938 bits per heavy atom. The van der Waals surface area contributed by atoms with Crippen molar-refractivity contribution in [3.63, 3.8) is 0 Å². The topological polar surface area (TPSA) is 123 Å². The Labute approximate surface area is 185 Å². The minimum Gasteiger partial charge on any atom is -0.309 e. The van der Waals surface area contributed by atoms with Crippen molar-refractivity contribution < 1.29 is 21.8 Å². The van der Waals surface area contributed by atoms with Gasteiger partial charge in [-0.1, -0.05) is 42.5 Å². The lowest BCUT2D eigenvalue weighted by molar-refractivity contribution is -0.384. The highest BCUT2D eigenvalue weighted by molar-refractivity contribution is 7.96. The van der Waals surface area contributed by atoms with Crippen LogP contribution in [0, 0.1) is 10.1 Å². The summed E-state index contributed by atoms with van der Waals surface area (Å²) in [5, 5.41) is 12.8. The number of rotatable bonds is 7. The highest BCUT2D eigenvalue weighted by Gasteiger charge is 2.44. The van der Waals surface area contributed by atoms with Crippen LogP contribution in [0.3, 0.4) is 0 Å². The third-order valence-corrected chi connectivity index (χ3v) is 9.51. The van der Waals surface area contributed by atoms with Gasteiger partial charge < -0.3 is 5.32 Å². The number of nitro benzene ring substituents is 1. The van der Waals surface area contributed by atoms with Gasteiger partial charge in [0, 0.05) is 25.2 Å². The fraction of sp³-hybridized carbons (Fsp3) is 0.182. The zero-order chi connectivity index (χ0) is 22.9. The molecule has 166 valence electrons. The van der Waals surface area contributed by atoms with E-state index < -0.39 is 35.6 Å². The van der Waals surface area contributed by atoms with Crippen molar-refractivity contribution in [2.24, 2.45) is 0 Å². The molecule has 0 saturated heterocycles. The predicted octanol–water partition coefficient (Wildman–Crippen LogP) is 3.19. The summed E-state index contributed by atoms with van der Waals surface area (Å²) in [6.45, 7) is 0.626. The summed E-state index contributed by atoms with van der Waals surface area (Å²) >= 11 is 0. The molecule has 4 rings (SSSR count). The quantitative estimate of drug-likeness (QED) is 0.414. The summed E-state index contributed by atoms with van der Waals surface area (Å²) in [4.78, 5) is 10.4. The van der Waals surface area contributed by atoms with E-state index in [0.29, 0.717) is 17.7 Å². The van der Waals surface area contributed by atoms with Crippen molar-refractivity contribution in [3.05, 3.63) is 99.6 Å². The molecule has 1 aliphatic rings. The molecule has 8 nitrogen and oxygen atoms in total. The van der Waals surface area contributed by atoms with Gasteiger partial charge >= 0.3 is 0 Å². The van der Waals surface area contributed by atoms with E-state index in [1.807, 2.05) is 0 Å². The Morgan fingerprint density at radius 3 is 2.28 bits per heavy atom. The van der Waals surface area contributed by atoms with Crippen LogP contribution in [0.25, 0.3) is 0 Å². The molecule has 0 radical (unpaired) electrons. The van der Waals surface area contributed by atoms with Gasteiger partial charge in [0.1, 0.15) is 5.25 Å². The van der Waals surface area contributed by atoms with Gasteiger partial charge in [0.15, 0.2) is 19.7 Å². The second-order valence-corrected chi connectivity index (χ2v) is 11.6. The maximum absolute atomic E-state index is 13.3. The minimum absolute atomic E-state index is 0.00574. The van der Waals surface area contributed by atoms with Crippen LogP contribution in [0.2, 0.25) is 0 Å². The molecule has 1 N–H and O–H groups in total. The fourth-order valence-corrected chi connectivity index (χ4v) is 8.27. The van der Waals surface area contributed by atoms with Gasteiger partial charge in [-0.05, 0) is 34.9 Å². The van der Waals surface area contributed by atoms with Gasteiger partial charge in [-0.3, -0.25) is 10.1 Å². The third-order valence-electron chi connectivity index (χ3n) is 5.42. The zero-order valence-corrected chi connectivity index (χ0v) is 18.5. The summed E-state index contributed by atoms with van der Waals surface area (Å²) in [6, 6.07) is 18.7. The van der Waals surface area contributed by atoms with Gasteiger partial charge in [0.05, 0.1) is 20.5 Å². The van der Waals surface area contributed by atoms with Gasteiger partial charge in [-0.2, -0.15) is 0 Å². The number of nitrogens with one attached hydrogen (secondary N) is 1. The molecule has 0 amide bonds. The lowest BCUT2D eigenvalue weighted by Crippen LogP contribution is -2.19. The van der Waals surface area contributed by atoms with Crippen LogP contribution in [0.4, 0.5) is 5.69 Å². The first kappa shape index (κ1) is 22.1. The molecule has 0 spiro atoms. The number of fused-ring (bicyclic) bond motifs is 1. The fourth-order valence-electron chi connectivity index (χ4n) is 3.85. The summed E-state index contributed by atoms with van der Waals surface area (Å²) < 4.78 is 52.0. The van der Waals surface area contributed by atoms with Crippen LogP contribution < -0.4 is 5.32 Å². The number of non-ortho nitro benzene ring substituents is 1. The molecule has 0 bridgehead atoms. The van der Waals surface area contributed by atoms with Crippen molar-refractivity contribution in [2.45, 2.75) is 28.1 Å². The highest BCUT2D eigenvalue weighted by atomic mass is 32.2. The van der Waals surface area contributed by atoms with Crippen LogP contribution in [0.5, 0.6) is 0 Å². The normalized spacial score (nSPS) is 17.1. The molecule has 10 heteroatoms. The highest BCUT2D eigenvalue weighted by Crippen LogP contribution is 2.42. The van der Waals surface area contributed by atoms with Gasteiger partial charge in [0.25, 0.3) is 5.69 Å². The van der Waals surface area contributed by atoms with E-state index in [9.17, 15) is 26.9 Å². The van der Waals surface area contributed by atoms with Gasteiger partial charge in [-0.25, -0.2) is 16.8 Å². The first-order valence-corrected chi connectivity index (χ1v) is 13.0. The van der Waals surface area contributed by atoms with Crippen LogP contribution in [0.15, 0.2) is 82.6 Å². The molecule has 0 aromatic heterocycles. The second kappa shape index (κ2) is 8.45. The molecule has 0 saturated carbocycles. The third kappa shape index (κ3) is 4.16. The largest absolute Gasteiger partial charge is 0.309 e. The lowest BCUT2D eigenvalue weighted by Gasteiger charge is -2.16. The summed E-state index contributed by atoms with van der Waals surface area (Å²) in [5.74, 6) is -0.487.